The van der Waals surface area contributed by atoms with E-state index in [1.54, 1.807) is 0 Å². The molecule has 1 aromatic heterocycles. The second-order valence-electron chi connectivity index (χ2n) is 2.67. The van der Waals surface area contributed by atoms with Crippen LogP contribution in [-0.4, -0.2) is 0 Å². The second-order valence-corrected chi connectivity index (χ2v) is 4.49. The maximum atomic E-state index is 3.57. The Morgan fingerprint density at radius 1 is 1.64 bits per heavy atom. The summed E-state index contributed by atoms with van der Waals surface area (Å²) in [5.41, 5.74) is 2.98. The van der Waals surface area contributed by atoms with E-state index in [4.69, 9.17) is 0 Å². The van der Waals surface area contributed by atoms with Gasteiger partial charge in [-0.1, -0.05) is 13.0 Å². The first-order valence-electron chi connectivity index (χ1n) is 3.78. The minimum atomic E-state index is 1.15. The summed E-state index contributed by atoms with van der Waals surface area (Å²) >= 11 is 5.43. The van der Waals surface area contributed by atoms with E-state index < -0.39 is 0 Å². The molecule has 58 valence electrons. The molecule has 0 unspecified atom stereocenters. The van der Waals surface area contributed by atoms with Crippen LogP contribution in [0.3, 0.4) is 0 Å². The lowest BCUT2D eigenvalue weighted by molar-refractivity contribution is 1.25. The lowest BCUT2D eigenvalue weighted by Gasteiger charge is -1.97. The Morgan fingerprint density at radius 2 is 2.45 bits per heavy atom. The third-order valence-corrected chi connectivity index (χ3v) is 4.00. The zero-order valence-corrected chi connectivity index (χ0v) is 8.76. The average Bonchev–Trinajstić information content (AvgIpc) is 2.54. The van der Waals surface area contributed by atoms with E-state index in [1.807, 2.05) is 11.3 Å². The summed E-state index contributed by atoms with van der Waals surface area (Å²) in [6, 6.07) is 0. The summed E-state index contributed by atoms with van der Waals surface area (Å²) in [6.07, 6.45) is 4.64. The van der Waals surface area contributed by atoms with Crippen LogP contribution in [0.15, 0.2) is 15.9 Å². The maximum absolute atomic E-state index is 3.57. The Hall–Kier alpha value is -0.0800. The normalized spacial score (nSPS) is 14.9. The molecule has 0 saturated heterocycles. The topological polar surface area (TPSA) is 0 Å². The Balaban J connectivity index is 2.52. The molecule has 11 heavy (non-hydrogen) atoms. The van der Waals surface area contributed by atoms with Crippen LogP contribution in [-0.2, 0) is 6.42 Å². The highest BCUT2D eigenvalue weighted by atomic mass is 79.9. The zero-order valence-electron chi connectivity index (χ0n) is 6.36. The van der Waals surface area contributed by atoms with E-state index in [0.717, 1.165) is 12.8 Å². The van der Waals surface area contributed by atoms with Crippen molar-refractivity contribution in [1.82, 2.24) is 0 Å². The molecule has 0 fully saturated rings. The van der Waals surface area contributed by atoms with Gasteiger partial charge in [-0.15, -0.1) is 11.3 Å². The average molecular weight is 229 g/mol. The van der Waals surface area contributed by atoms with Crippen molar-refractivity contribution >= 4 is 32.8 Å². The third kappa shape index (κ3) is 1.09. The minimum absolute atomic E-state index is 1.15. The molecular weight excluding hydrogens is 220 g/mol. The molecule has 0 nitrogen and oxygen atoms in total. The van der Waals surface area contributed by atoms with Gasteiger partial charge in [0, 0.05) is 26.7 Å². The van der Waals surface area contributed by atoms with Crippen molar-refractivity contribution in [3.63, 3.8) is 0 Å². The summed E-state index contributed by atoms with van der Waals surface area (Å²) < 4.78 is 1.28. The van der Waals surface area contributed by atoms with Crippen molar-refractivity contribution < 1.29 is 0 Å². The number of hydrogen-bond donors (Lipinski definition) is 0. The molecule has 2 heteroatoms. The highest BCUT2D eigenvalue weighted by Gasteiger charge is 2.16. The van der Waals surface area contributed by atoms with Gasteiger partial charge < -0.3 is 0 Å². The third-order valence-electron chi connectivity index (χ3n) is 2.06. The number of fused-ring (bicyclic) bond motifs is 1. The summed E-state index contributed by atoms with van der Waals surface area (Å²) in [6.45, 7) is 2.21. The van der Waals surface area contributed by atoms with Gasteiger partial charge in [-0.25, -0.2) is 0 Å². The highest BCUT2D eigenvalue weighted by molar-refractivity contribution is 9.10. The molecule has 0 radical (unpaired) electrons. The predicted molar refractivity (Wildman–Crippen MR) is 54.0 cm³/mol. The van der Waals surface area contributed by atoms with E-state index in [1.165, 1.54) is 20.5 Å². The van der Waals surface area contributed by atoms with Crippen molar-refractivity contribution in [3.05, 3.63) is 26.4 Å². The molecule has 0 aromatic carbocycles. The smallest absolute Gasteiger partial charge is 0.0360 e. The van der Waals surface area contributed by atoms with Crippen LogP contribution in [0.4, 0.5) is 0 Å². The first kappa shape index (κ1) is 7.56. The van der Waals surface area contributed by atoms with Gasteiger partial charge >= 0.3 is 0 Å². The quantitative estimate of drug-likeness (QED) is 0.685. The SMILES string of the molecule is CCC1=CCc2scc(Br)c21. The lowest BCUT2D eigenvalue weighted by Crippen LogP contribution is -1.76. The molecular formula is C9H9BrS. The molecule has 2 rings (SSSR count). The number of rotatable bonds is 1. The Kier molecular flexibility index (Phi) is 1.90. The molecule has 0 bridgehead atoms. The molecule has 0 spiro atoms. The standard InChI is InChI=1S/C9H9BrS/c1-2-6-3-4-8-9(6)7(10)5-11-8/h3,5H,2,4H2,1H3. The zero-order chi connectivity index (χ0) is 7.84. The molecule has 0 saturated carbocycles. The molecule has 1 heterocycles. The van der Waals surface area contributed by atoms with Gasteiger partial charge in [0.25, 0.3) is 0 Å². The minimum Gasteiger partial charge on any atom is -0.147 e. The van der Waals surface area contributed by atoms with Crippen molar-refractivity contribution in [2.45, 2.75) is 19.8 Å². The van der Waals surface area contributed by atoms with Crippen molar-refractivity contribution in [1.29, 1.82) is 0 Å². The van der Waals surface area contributed by atoms with Crippen LogP contribution in [0.2, 0.25) is 0 Å². The lowest BCUT2D eigenvalue weighted by atomic mass is 10.1. The monoisotopic (exact) mass is 228 g/mol. The summed E-state index contributed by atoms with van der Waals surface area (Å²) in [7, 11) is 0. The van der Waals surface area contributed by atoms with Crippen molar-refractivity contribution in [3.8, 4) is 0 Å². The van der Waals surface area contributed by atoms with E-state index in [0.29, 0.717) is 0 Å². The van der Waals surface area contributed by atoms with Gasteiger partial charge in [0.2, 0.25) is 0 Å². The van der Waals surface area contributed by atoms with Gasteiger partial charge in [-0.3, -0.25) is 0 Å². The Labute approximate surface area is 79.1 Å². The molecule has 0 N–H and O–H groups in total. The van der Waals surface area contributed by atoms with Crippen LogP contribution < -0.4 is 0 Å². The van der Waals surface area contributed by atoms with Crippen LogP contribution in [0.5, 0.6) is 0 Å². The molecule has 1 aliphatic rings. The van der Waals surface area contributed by atoms with Crippen molar-refractivity contribution in [2.24, 2.45) is 0 Å². The van der Waals surface area contributed by atoms with Crippen molar-refractivity contribution in [2.75, 3.05) is 0 Å². The van der Waals surface area contributed by atoms with Gasteiger partial charge in [0.1, 0.15) is 0 Å². The van der Waals surface area contributed by atoms with Crippen LogP contribution >= 0.6 is 27.3 Å². The molecule has 0 aliphatic heterocycles. The van der Waals surface area contributed by atoms with Gasteiger partial charge in [-0.2, -0.15) is 0 Å². The van der Waals surface area contributed by atoms with Crippen LogP contribution in [0.25, 0.3) is 5.57 Å². The van der Waals surface area contributed by atoms with Gasteiger partial charge in [0.15, 0.2) is 0 Å². The maximum Gasteiger partial charge on any atom is 0.0360 e. The van der Waals surface area contributed by atoms with Crippen LogP contribution in [0, 0.1) is 0 Å². The number of hydrogen-bond acceptors (Lipinski definition) is 1. The first-order chi connectivity index (χ1) is 5.33. The van der Waals surface area contributed by atoms with Gasteiger partial charge in [0.05, 0.1) is 0 Å². The van der Waals surface area contributed by atoms with Crippen LogP contribution in [0.1, 0.15) is 23.8 Å². The Bertz CT molecular complexity index is 309. The Morgan fingerprint density at radius 3 is 3.18 bits per heavy atom. The van der Waals surface area contributed by atoms with Gasteiger partial charge in [-0.05, 0) is 27.9 Å². The largest absolute Gasteiger partial charge is 0.147 e. The fraction of sp³-hybridized carbons (Fsp3) is 0.333. The number of halogens is 1. The summed E-state index contributed by atoms with van der Waals surface area (Å²) in [5, 5.41) is 2.19. The van der Waals surface area contributed by atoms with E-state index in [2.05, 4.69) is 34.3 Å². The molecule has 0 amide bonds. The number of thiophene rings is 1. The fourth-order valence-electron chi connectivity index (χ4n) is 1.50. The van der Waals surface area contributed by atoms with E-state index in [-0.39, 0.29) is 0 Å². The molecule has 0 atom stereocenters. The molecule has 1 aliphatic carbocycles. The fourth-order valence-corrected chi connectivity index (χ4v) is 3.30. The first-order valence-corrected chi connectivity index (χ1v) is 5.45. The number of allylic oxidation sites excluding steroid dienone is 2. The second kappa shape index (κ2) is 2.76. The molecule has 1 aromatic rings. The summed E-state index contributed by atoms with van der Waals surface area (Å²) in [4.78, 5) is 1.52. The predicted octanol–water partition coefficient (Wildman–Crippen LogP) is 3.86. The van der Waals surface area contributed by atoms with E-state index in [9.17, 15) is 0 Å². The summed E-state index contributed by atoms with van der Waals surface area (Å²) in [5.74, 6) is 0. The highest BCUT2D eigenvalue weighted by Crippen LogP contribution is 2.39. The van der Waals surface area contributed by atoms with E-state index >= 15 is 0 Å².